The normalized spacial score (nSPS) is 18.5. The third kappa shape index (κ3) is 3.82. The standard InChI is InChI=1S/C20H26N6O2S2/c21-17(28)16-13-5-1-2-6-14(13)30-18(16)22-15(27)11-29-20-24-23-19(25-9-3-4-10-25)26(20)12-7-8-12/h12H,1-11H2,(H2,21,28)(H,22,27). The van der Waals surface area contributed by atoms with E-state index in [2.05, 4.69) is 25.0 Å². The highest BCUT2D eigenvalue weighted by atomic mass is 32.2. The minimum absolute atomic E-state index is 0.144. The van der Waals surface area contributed by atoms with E-state index < -0.39 is 5.91 Å². The molecule has 0 spiro atoms. The van der Waals surface area contributed by atoms with Gasteiger partial charge in [0.2, 0.25) is 11.9 Å². The monoisotopic (exact) mass is 446 g/mol. The molecule has 3 aliphatic rings. The van der Waals surface area contributed by atoms with Gasteiger partial charge in [-0.25, -0.2) is 0 Å². The summed E-state index contributed by atoms with van der Waals surface area (Å²) >= 11 is 2.91. The molecule has 0 aromatic carbocycles. The third-order valence-corrected chi connectivity index (χ3v) is 8.10. The number of anilines is 2. The fourth-order valence-corrected chi connectivity index (χ4v) is 6.47. The predicted molar refractivity (Wildman–Crippen MR) is 119 cm³/mol. The van der Waals surface area contributed by atoms with Crippen LogP contribution in [0.3, 0.4) is 0 Å². The molecule has 3 N–H and O–H groups in total. The minimum Gasteiger partial charge on any atom is -0.365 e. The zero-order valence-electron chi connectivity index (χ0n) is 16.9. The van der Waals surface area contributed by atoms with Crippen molar-refractivity contribution in [3.8, 4) is 0 Å². The Morgan fingerprint density at radius 3 is 2.63 bits per heavy atom. The lowest BCUT2D eigenvalue weighted by Crippen LogP contribution is -2.22. The van der Waals surface area contributed by atoms with Crippen LogP contribution in [0.1, 0.15) is 65.4 Å². The molecule has 8 nitrogen and oxygen atoms in total. The molecular weight excluding hydrogens is 420 g/mol. The zero-order valence-corrected chi connectivity index (χ0v) is 18.5. The van der Waals surface area contributed by atoms with E-state index in [0.717, 1.165) is 68.3 Å². The molecule has 2 aromatic rings. The van der Waals surface area contributed by atoms with Gasteiger partial charge in [-0.05, 0) is 56.9 Å². The molecule has 2 aliphatic carbocycles. The number of hydrogen-bond acceptors (Lipinski definition) is 7. The van der Waals surface area contributed by atoms with Crippen LogP contribution < -0.4 is 16.0 Å². The van der Waals surface area contributed by atoms with Gasteiger partial charge in [0.1, 0.15) is 5.00 Å². The minimum atomic E-state index is -0.457. The summed E-state index contributed by atoms with van der Waals surface area (Å²) in [6.07, 6.45) is 8.65. The van der Waals surface area contributed by atoms with Crippen molar-refractivity contribution in [2.24, 2.45) is 5.73 Å². The first-order valence-corrected chi connectivity index (χ1v) is 12.5. The number of aromatic nitrogens is 3. The first-order valence-electron chi connectivity index (χ1n) is 10.7. The summed E-state index contributed by atoms with van der Waals surface area (Å²) in [5, 5.41) is 13.1. The number of hydrogen-bond donors (Lipinski definition) is 2. The summed E-state index contributed by atoms with van der Waals surface area (Å²) in [4.78, 5) is 28.2. The van der Waals surface area contributed by atoms with Gasteiger partial charge in [0.15, 0.2) is 5.16 Å². The largest absolute Gasteiger partial charge is 0.365 e. The Morgan fingerprint density at radius 2 is 1.90 bits per heavy atom. The molecule has 0 bridgehead atoms. The second-order valence-electron chi connectivity index (χ2n) is 8.19. The van der Waals surface area contributed by atoms with E-state index >= 15 is 0 Å². The van der Waals surface area contributed by atoms with Gasteiger partial charge in [0, 0.05) is 24.0 Å². The van der Waals surface area contributed by atoms with Crippen LogP contribution in [0, 0.1) is 0 Å². The van der Waals surface area contributed by atoms with Crippen LogP contribution in [0.2, 0.25) is 0 Å². The fraction of sp³-hybridized carbons (Fsp3) is 0.600. The molecular formula is C20H26N6O2S2. The predicted octanol–water partition coefficient (Wildman–Crippen LogP) is 2.98. The number of nitrogens with one attached hydrogen (secondary N) is 1. The van der Waals surface area contributed by atoms with Gasteiger partial charge < -0.3 is 16.0 Å². The second kappa shape index (κ2) is 8.22. The first kappa shape index (κ1) is 19.9. The number of aryl methyl sites for hydroxylation is 1. The molecule has 1 saturated heterocycles. The Bertz CT molecular complexity index is 974. The number of thioether (sulfide) groups is 1. The van der Waals surface area contributed by atoms with Crippen LogP contribution in [0.25, 0.3) is 0 Å². The molecule has 2 amide bonds. The van der Waals surface area contributed by atoms with E-state index in [1.807, 2.05) is 0 Å². The number of primary amides is 1. The SMILES string of the molecule is NC(=O)c1c(NC(=O)CSc2nnc(N3CCCC3)n2C2CC2)sc2c1CCCC2. The molecule has 0 unspecified atom stereocenters. The smallest absolute Gasteiger partial charge is 0.251 e. The van der Waals surface area contributed by atoms with Crippen molar-refractivity contribution >= 4 is 45.9 Å². The number of carbonyl (C=O) groups excluding carboxylic acids is 2. The molecule has 2 aromatic heterocycles. The van der Waals surface area contributed by atoms with Gasteiger partial charge in [-0.2, -0.15) is 0 Å². The molecule has 0 atom stereocenters. The molecule has 30 heavy (non-hydrogen) atoms. The highest BCUT2D eigenvalue weighted by molar-refractivity contribution is 7.99. The lowest BCUT2D eigenvalue weighted by atomic mass is 9.95. The molecule has 3 heterocycles. The van der Waals surface area contributed by atoms with E-state index in [0.29, 0.717) is 16.6 Å². The number of fused-ring (bicyclic) bond motifs is 1. The van der Waals surface area contributed by atoms with Gasteiger partial charge in [0.25, 0.3) is 5.91 Å². The van der Waals surface area contributed by atoms with Crippen molar-refractivity contribution in [2.75, 3.05) is 29.1 Å². The molecule has 2 fully saturated rings. The van der Waals surface area contributed by atoms with Crippen LogP contribution in [-0.2, 0) is 17.6 Å². The van der Waals surface area contributed by atoms with Gasteiger partial charge in [-0.15, -0.1) is 21.5 Å². The zero-order chi connectivity index (χ0) is 20.7. The van der Waals surface area contributed by atoms with Gasteiger partial charge in [0.05, 0.1) is 11.3 Å². The van der Waals surface area contributed by atoms with Gasteiger partial charge >= 0.3 is 0 Å². The number of thiophene rings is 1. The van der Waals surface area contributed by atoms with Crippen molar-refractivity contribution in [3.63, 3.8) is 0 Å². The van der Waals surface area contributed by atoms with Crippen LogP contribution in [-0.4, -0.2) is 45.4 Å². The fourth-order valence-electron chi connectivity index (χ4n) is 4.36. The summed E-state index contributed by atoms with van der Waals surface area (Å²) in [5.41, 5.74) is 7.17. The van der Waals surface area contributed by atoms with Crippen LogP contribution >= 0.6 is 23.1 Å². The quantitative estimate of drug-likeness (QED) is 0.634. The van der Waals surface area contributed by atoms with Crippen molar-refractivity contribution in [1.82, 2.24) is 14.8 Å². The Labute approximate surface area is 183 Å². The van der Waals surface area contributed by atoms with E-state index in [1.165, 1.54) is 40.8 Å². The second-order valence-corrected chi connectivity index (χ2v) is 10.2. The van der Waals surface area contributed by atoms with Crippen molar-refractivity contribution in [1.29, 1.82) is 0 Å². The topological polar surface area (TPSA) is 106 Å². The maximum absolute atomic E-state index is 12.7. The maximum atomic E-state index is 12.7. The first-order chi connectivity index (χ1) is 14.6. The highest BCUT2D eigenvalue weighted by Gasteiger charge is 2.32. The average Bonchev–Trinajstić information content (AvgIpc) is 3.14. The molecule has 160 valence electrons. The van der Waals surface area contributed by atoms with Crippen molar-refractivity contribution in [2.45, 2.75) is 62.6 Å². The molecule has 10 heteroatoms. The molecule has 1 saturated carbocycles. The summed E-state index contributed by atoms with van der Waals surface area (Å²) in [5.74, 6) is 0.570. The number of nitrogens with two attached hydrogens (primary N) is 1. The number of rotatable bonds is 7. The number of carbonyl (C=O) groups is 2. The van der Waals surface area contributed by atoms with E-state index in [9.17, 15) is 9.59 Å². The number of nitrogens with zero attached hydrogens (tertiary/aromatic N) is 4. The van der Waals surface area contributed by atoms with E-state index in [4.69, 9.17) is 5.73 Å². The average molecular weight is 447 g/mol. The van der Waals surface area contributed by atoms with Crippen molar-refractivity contribution in [3.05, 3.63) is 16.0 Å². The van der Waals surface area contributed by atoms with Crippen molar-refractivity contribution < 1.29 is 9.59 Å². The Hall–Kier alpha value is -2.07. The highest BCUT2D eigenvalue weighted by Crippen LogP contribution is 2.42. The molecule has 1 aliphatic heterocycles. The van der Waals surface area contributed by atoms with Crippen LogP contribution in [0.15, 0.2) is 5.16 Å². The number of amides is 2. The van der Waals surface area contributed by atoms with Crippen LogP contribution in [0.4, 0.5) is 10.9 Å². The Morgan fingerprint density at radius 1 is 1.13 bits per heavy atom. The summed E-state index contributed by atoms with van der Waals surface area (Å²) in [6.45, 7) is 2.05. The van der Waals surface area contributed by atoms with E-state index in [1.54, 1.807) is 0 Å². The van der Waals surface area contributed by atoms with E-state index in [-0.39, 0.29) is 11.7 Å². The van der Waals surface area contributed by atoms with Gasteiger partial charge in [-0.1, -0.05) is 11.8 Å². The Kier molecular flexibility index (Phi) is 5.44. The maximum Gasteiger partial charge on any atom is 0.251 e. The summed E-state index contributed by atoms with van der Waals surface area (Å²) in [6, 6.07) is 0.451. The van der Waals surface area contributed by atoms with Gasteiger partial charge in [-0.3, -0.25) is 14.2 Å². The molecule has 5 rings (SSSR count). The lowest BCUT2D eigenvalue weighted by molar-refractivity contribution is -0.113. The summed E-state index contributed by atoms with van der Waals surface area (Å²) < 4.78 is 2.21. The summed E-state index contributed by atoms with van der Waals surface area (Å²) in [7, 11) is 0. The van der Waals surface area contributed by atoms with Crippen LogP contribution in [0.5, 0.6) is 0 Å². The molecule has 0 radical (unpaired) electrons. The third-order valence-electron chi connectivity index (χ3n) is 5.95. The lowest BCUT2D eigenvalue weighted by Gasteiger charge is -2.17. The Balaban J connectivity index is 1.28.